The Bertz CT molecular complexity index is 891. The van der Waals surface area contributed by atoms with Gasteiger partial charge in [-0.15, -0.1) is 0 Å². The summed E-state index contributed by atoms with van der Waals surface area (Å²) in [6.45, 7) is 4.24. The molecule has 6 nitrogen and oxygen atoms in total. The number of nitrogens with zero attached hydrogens (tertiary/aromatic N) is 2. The predicted molar refractivity (Wildman–Crippen MR) is 108 cm³/mol. The lowest BCUT2D eigenvalue weighted by Crippen LogP contribution is -2.58. The highest BCUT2D eigenvalue weighted by Crippen LogP contribution is 2.39. The van der Waals surface area contributed by atoms with Crippen LogP contribution in [0.3, 0.4) is 0 Å². The van der Waals surface area contributed by atoms with E-state index < -0.39 is 17.7 Å². The summed E-state index contributed by atoms with van der Waals surface area (Å²) in [7, 11) is 0. The number of ether oxygens (including phenoxy) is 1. The minimum atomic E-state index is -1.02. The standard InChI is InChI=1S/C23H26N2O4/c1-17-7-5-6-10-19(17)21(26)25-20(22(27)28)16-29-23(25)11-13-24(14-12-23)15-18-8-3-2-4-9-18/h2-10,20H,11-16H2,1H3,(H,27,28)/t20-/m1/s1. The van der Waals surface area contributed by atoms with Gasteiger partial charge in [-0.1, -0.05) is 48.5 Å². The molecule has 2 aromatic carbocycles. The molecule has 0 aromatic heterocycles. The Morgan fingerprint density at radius 2 is 1.72 bits per heavy atom. The van der Waals surface area contributed by atoms with Crippen molar-refractivity contribution in [1.29, 1.82) is 0 Å². The van der Waals surface area contributed by atoms with E-state index in [0.29, 0.717) is 18.4 Å². The van der Waals surface area contributed by atoms with Crippen molar-refractivity contribution >= 4 is 11.9 Å². The van der Waals surface area contributed by atoms with Gasteiger partial charge in [-0.2, -0.15) is 0 Å². The zero-order chi connectivity index (χ0) is 20.4. The Kier molecular flexibility index (Phi) is 5.39. The van der Waals surface area contributed by atoms with Crippen molar-refractivity contribution in [3.05, 3.63) is 71.3 Å². The van der Waals surface area contributed by atoms with Crippen LogP contribution in [-0.4, -0.2) is 58.2 Å². The summed E-state index contributed by atoms with van der Waals surface area (Å²) in [6, 6.07) is 16.6. The van der Waals surface area contributed by atoms with Gasteiger partial charge >= 0.3 is 5.97 Å². The Hall–Kier alpha value is -2.70. The maximum Gasteiger partial charge on any atom is 0.328 e. The van der Waals surface area contributed by atoms with E-state index in [4.69, 9.17) is 4.74 Å². The molecule has 0 aliphatic carbocycles. The second-order valence-corrected chi connectivity index (χ2v) is 7.86. The molecule has 2 aliphatic heterocycles. The quantitative estimate of drug-likeness (QED) is 0.864. The zero-order valence-corrected chi connectivity index (χ0v) is 16.6. The Balaban J connectivity index is 1.55. The summed E-state index contributed by atoms with van der Waals surface area (Å²) in [5, 5.41) is 9.73. The third-order valence-corrected chi connectivity index (χ3v) is 6.03. The number of hydrogen-bond acceptors (Lipinski definition) is 4. The van der Waals surface area contributed by atoms with E-state index in [9.17, 15) is 14.7 Å². The van der Waals surface area contributed by atoms with E-state index in [2.05, 4.69) is 17.0 Å². The fourth-order valence-electron chi connectivity index (χ4n) is 4.40. The largest absolute Gasteiger partial charge is 0.480 e. The molecule has 0 unspecified atom stereocenters. The van der Waals surface area contributed by atoms with Crippen LogP contribution >= 0.6 is 0 Å². The topological polar surface area (TPSA) is 70.1 Å². The number of likely N-dealkylation sites (tertiary alicyclic amines) is 1. The van der Waals surface area contributed by atoms with Crippen LogP contribution < -0.4 is 0 Å². The molecule has 0 saturated carbocycles. The highest BCUT2D eigenvalue weighted by molar-refractivity contribution is 5.98. The second-order valence-electron chi connectivity index (χ2n) is 7.86. The van der Waals surface area contributed by atoms with E-state index in [1.165, 1.54) is 10.5 Å². The maximum absolute atomic E-state index is 13.4. The molecule has 1 spiro atoms. The lowest BCUT2D eigenvalue weighted by Gasteiger charge is -2.44. The smallest absolute Gasteiger partial charge is 0.328 e. The Morgan fingerprint density at radius 3 is 2.38 bits per heavy atom. The highest BCUT2D eigenvalue weighted by Gasteiger charge is 2.54. The average Bonchev–Trinajstić information content (AvgIpc) is 3.10. The van der Waals surface area contributed by atoms with Crippen LogP contribution in [0.2, 0.25) is 0 Å². The molecule has 2 fully saturated rings. The monoisotopic (exact) mass is 394 g/mol. The van der Waals surface area contributed by atoms with Crippen LogP contribution in [0.15, 0.2) is 54.6 Å². The van der Waals surface area contributed by atoms with E-state index in [1.54, 1.807) is 6.07 Å². The number of carboxylic acids is 1. The number of rotatable bonds is 4. The molecule has 6 heteroatoms. The molecule has 4 rings (SSSR count). The maximum atomic E-state index is 13.4. The molecule has 1 N–H and O–H groups in total. The van der Waals surface area contributed by atoms with Crippen LogP contribution in [0.25, 0.3) is 0 Å². The first-order chi connectivity index (χ1) is 14.0. The molecule has 0 bridgehead atoms. The van der Waals surface area contributed by atoms with Gasteiger partial charge in [0.1, 0.15) is 5.72 Å². The first-order valence-corrected chi connectivity index (χ1v) is 10.0. The van der Waals surface area contributed by atoms with Gasteiger partial charge in [0.2, 0.25) is 0 Å². The van der Waals surface area contributed by atoms with Crippen molar-refractivity contribution in [2.75, 3.05) is 19.7 Å². The SMILES string of the molecule is Cc1ccccc1C(=O)N1[C@@H](C(=O)O)COC12CCN(Cc1ccccc1)CC2. The van der Waals surface area contributed by atoms with Gasteiger partial charge in [0.25, 0.3) is 5.91 Å². The van der Waals surface area contributed by atoms with Gasteiger partial charge in [-0.3, -0.25) is 14.6 Å². The fraction of sp³-hybridized carbons (Fsp3) is 0.391. The Labute approximate surface area is 170 Å². The van der Waals surface area contributed by atoms with Gasteiger partial charge in [0.05, 0.1) is 6.61 Å². The number of carboxylic acid groups (broad SMARTS) is 1. The van der Waals surface area contributed by atoms with E-state index >= 15 is 0 Å². The molecule has 0 radical (unpaired) electrons. The second kappa shape index (κ2) is 7.97. The van der Waals surface area contributed by atoms with Crippen molar-refractivity contribution in [2.24, 2.45) is 0 Å². The van der Waals surface area contributed by atoms with Gasteiger partial charge in [0, 0.05) is 38.0 Å². The van der Waals surface area contributed by atoms with Crippen LogP contribution in [0.5, 0.6) is 0 Å². The molecule has 152 valence electrons. The predicted octanol–water partition coefficient (Wildman–Crippen LogP) is 2.91. The number of aliphatic carboxylic acids is 1. The summed E-state index contributed by atoms with van der Waals surface area (Å²) in [5.74, 6) is -1.28. The van der Waals surface area contributed by atoms with Crippen molar-refractivity contribution in [3.63, 3.8) is 0 Å². The minimum Gasteiger partial charge on any atom is -0.480 e. The highest BCUT2D eigenvalue weighted by atomic mass is 16.5. The van der Waals surface area contributed by atoms with Crippen LogP contribution in [0, 0.1) is 6.92 Å². The molecule has 2 heterocycles. The van der Waals surface area contributed by atoms with Crippen molar-refractivity contribution < 1.29 is 19.4 Å². The number of hydrogen-bond donors (Lipinski definition) is 1. The lowest BCUT2D eigenvalue weighted by molar-refractivity contribution is -0.144. The number of amides is 1. The number of carbonyl (C=O) groups is 2. The zero-order valence-electron chi connectivity index (χ0n) is 16.6. The minimum absolute atomic E-state index is 0.0334. The van der Waals surface area contributed by atoms with E-state index in [1.807, 2.05) is 43.3 Å². The van der Waals surface area contributed by atoms with E-state index in [0.717, 1.165) is 25.2 Å². The third-order valence-electron chi connectivity index (χ3n) is 6.03. The molecular formula is C23H26N2O4. The van der Waals surface area contributed by atoms with Crippen LogP contribution in [0.1, 0.15) is 34.3 Å². The van der Waals surface area contributed by atoms with E-state index in [-0.39, 0.29) is 12.5 Å². The van der Waals surface area contributed by atoms with Crippen molar-refractivity contribution in [1.82, 2.24) is 9.80 Å². The van der Waals surface area contributed by atoms with Gasteiger partial charge < -0.3 is 9.84 Å². The molecule has 2 aromatic rings. The van der Waals surface area contributed by atoms with Gasteiger partial charge in [0.15, 0.2) is 6.04 Å². The van der Waals surface area contributed by atoms with Crippen molar-refractivity contribution in [3.8, 4) is 0 Å². The van der Waals surface area contributed by atoms with Crippen LogP contribution in [-0.2, 0) is 16.1 Å². The number of benzene rings is 2. The van der Waals surface area contributed by atoms with Crippen LogP contribution in [0.4, 0.5) is 0 Å². The third kappa shape index (κ3) is 3.78. The summed E-state index contributed by atoms with van der Waals surface area (Å²) >= 11 is 0. The summed E-state index contributed by atoms with van der Waals surface area (Å²) in [5.41, 5.74) is 1.77. The summed E-state index contributed by atoms with van der Waals surface area (Å²) in [4.78, 5) is 29.1. The molecule has 1 atom stereocenters. The van der Waals surface area contributed by atoms with Gasteiger partial charge in [-0.25, -0.2) is 4.79 Å². The van der Waals surface area contributed by atoms with Crippen molar-refractivity contribution in [2.45, 2.75) is 38.1 Å². The molecular weight excluding hydrogens is 368 g/mol. The number of carbonyl (C=O) groups excluding carboxylic acids is 1. The first kappa shape index (κ1) is 19.6. The summed E-state index contributed by atoms with van der Waals surface area (Å²) in [6.07, 6.45) is 1.20. The lowest BCUT2D eigenvalue weighted by atomic mass is 9.95. The Morgan fingerprint density at radius 1 is 1.07 bits per heavy atom. The van der Waals surface area contributed by atoms with Gasteiger partial charge in [-0.05, 0) is 24.1 Å². The first-order valence-electron chi connectivity index (χ1n) is 10.0. The summed E-state index contributed by atoms with van der Waals surface area (Å²) < 4.78 is 6.05. The fourth-order valence-corrected chi connectivity index (χ4v) is 4.40. The molecule has 1 amide bonds. The molecule has 2 aliphatic rings. The molecule has 29 heavy (non-hydrogen) atoms. The number of aryl methyl sites for hydroxylation is 1. The average molecular weight is 394 g/mol. The molecule has 2 saturated heterocycles. The normalized spacial score (nSPS) is 21.4. The number of piperidine rings is 1.